The first-order valence-corrected chi connectivity index (χ1v) is 10.4. The minimum absolute atomic E-state index is 0.133. The van der Waals surface area contributed by atoms with Gasteiger partial charge >= 0.3 is 6.03 Å². The van der Waals surface area contributed by atoms with Gasteiger partial charge in [-0.15, -0.1) is 0 Å². The highest BCUT2D eigenvalue weighted by Crippen LogP contribution is 2.29. The van der Waals surface area contributed by atoms with Gasteiger partial charge < -0.3 is 5.73 Å². The van der Waals surface area contributed by atoms with Gasteiger partial charge in [-0.3, -0.25) is 19.5 Å². The van der Waals surface area contributed by atoms with Crippen LogP contribution in [0.25, 0.3) is 16.6 Å². The molecule has 8 heteroatoms. The molecule has 3 N–H and O–H groups in total. The quantitative estimate of drug-likeness (QED) is 0.483. The summed E-state index contributed by atoms with van der Waals surface area (Å²) in [6, 6.07) is 11.9. The molecular weight excluding hydrogens is 400 g/mol. The Kier molecular flexibility index (Phi) is 6.26. The maximum atomic E-state index is 13.4. The van der Waals surface area contributed by atoms with E-state index in [1.54, 1.807) is 18.2 Å². The molecule has 30 heavy (non-hydrogen) atoms. The SMILES string of the molecule is Cc1ccc(-n2c(SC(C(=O)NC(N)=O)C(C)C)nc3ccccc3c2=O)cc1C. The summed E-state index contributed by atoms with van der Waals surface area (Å²) in [6.07, 6.45) is 0. The Bertz CT molecular complexity index is 1190. The zero-order valence-electron chi connectivity index (χ0n) is 17.3. The van der Waals surface area contributed by atoms with Crippen molar-refractivity contribution in [1.29, 1.82) is 0 Å². The number of nitrogens with two attached hydrogens (primary N) is 1. The van der Waals surface area contributed by atoms with E-state index in [1.165, 1.54) is 4.57 Å². The first-order valence-electron chi connectivity index (χ1n) is 9.55. The number of carbonyl (C=O) groups is 2. The number of rotatable bonds is 5. The lowest BCUT2D eigenvalue weighted by Crippen LogP contribution is -2.42. The molecule has 0 radical (unpaired) electrons. The van der Waals surface area contributed by atoms with Gasteiger partial charge in [-0.25, -0.2) is 9.78 Å². The van der Waals surface area contributed by atoms with Crippen LogP contribution in [0.15, 0.2) is 52.4 Å². The minimum atomic E-state index is -0.913. The molecular formula is C22H24N4O3S. The van der Waals surface area contributed by atoms with Gasteiger partial charge in [0.15, 0.2) is 5.16 Å². The summed E-state index contributed by atoms with van der Waals surface area (Å²) in [4.78, 5) is 41.8. The molecule has 0 bridgehead atoms. The minimum Gasteiger partial charge on any atom is -0.351 e. The highest BCUT2D eigenvalue weighted by Gasteiger charge is 2.27. The molecule has 3 amide bonds. The maximum Gasteiger partial charge on any atom is 0.318 e. The molecule has 1 heterocycles. The molecule has 3 rings (SSSR count). The van der Waals surface area contributed by atoms with Crippen LogP contribution in [-0.2, 0) is 4.79 Å². The number of aromatic nitrogens is 2. The van der Waals surface area contributed by atoms with Crippen LogP contribution in [0.2, 0.25) is 0 Å². The summed E-state index contributed by atoms with van der Waals surface area (Å²) in [5.41, 5.74) is 8.26. The monoisotopic (exact) mass is 424 g/mol. The van der Waals surface area contributed by atoms with Gasteiger partial charge in [0.05, 0.1) is 21.8 Å². The highest BCUT2D eigenvalue weighted by atomic mass is 32.2. The van der Waals surface area contributed by atoms with E-state index in [0.717, 1.165) is 22.9 Å². The number of para-hydroxylation sites is 1. The number of primary amides is 1. The molecule has 3 aromatic rings. The number of imide groups is 1. The van der Waals surface area contributed by atoms with Crippen LogP contribution in [-0.4, -0.2) is 26.7 Å². The highest BCUT2D eigenvalue weighted by molar-refractivity contribution is 8.00. The normalized spacial score (nSPS) is 12.2. The van der Waals surface area contributed by atoms with E-state index in [-0.39, 0.29) is 11.5 Å². The second kappa shape index (κ2) is 8.71. The number of thioether (sulfide) groups is 1. The molecule has 1 unspecified atom stereocenters. The zero-order valence-corrected chi connectivity index (χ0v) is 18.1. The van der Waals surface area contributed by atoms with E-state index >= 15 is 0 Å². The molecule has 1 atom stereocenters. The third-order valence-electron chi connectivity index (χ3n) is 4.84. The van der Waals surface area contributed by atoms with Gasteiger partial charge in [-0.05, 0) is 55.2 Å². The molecule has 0 spiro atoms. The molecule has 0 aliphatic heterocycles. The molecule has 156 valence electrons. The average Bonchev–Trinajstić information content (AvgIpc) is 2.67. The number of nitrogens with zero attached hydrogens (tertiary/aromatic N) is 2. The summed E-state index contributed by atoms with van der Waals surface area (Å²) >= 11 is 1.14. The van der Waals surface area contributed by atoms with Crippen LogP contribution in [0.4, 0.5) is 4.79 Å². The first kappa shape index (κ1) is 21.6. The van der Waals surface area contributed by atoms with Gasteiger partial charge in [0.2, 0.25) is 5.91 Å². The second-order valence-electron chi connectivity index (χ2n) is 7.46. The number of amides is 3. The summed E-state index contributed by atoms with van der Waals surface area (Å²) in [7, 11) is 0. The van der Waals surface area contributed by atoms with Gasteiger partial charge in [0.25, 0.3) is 5.56 Å². The third kappa shape index (κ3) is 4.38. The average molecular weight is 425 g/mol. The summed E-state index contributed by atoms with van der Waals surface area (Å²) in [6.45, 7) is 7.69. The van der Waals surface area contributed by atoms with Crippen molar-refractivity contribution in [2.45, 2.75) is 38.1 Å². The molecule has 0 saturated heterocycles. The van der Waals surface area contributed by atoms with Crippen molar-refractivity contribution < 1.29 is 9.59 Å². The number of hydrogen-bond donors (Lipinski definition) is 2. The predicted octanol–water partition coefficient (Wildman–Crippen LogP) is 3.31. The van der Waals surface area contributed by atoms with Crippen molar-refractivity contribution in [3.63, 3.8) is 0 Å². The molecule has 0 saturated carbocycles. The van der Waals surface area contributed by atoms with Crippen molar-refractivity contribution in [3.05, 3.63) is 63.9 Å². The Balaban J connectivity index is 2.21. The Labute approximate surface area is 178 Å². The van der Waals surface area contributed by atoms with Crippen molar-refractivity contribution in [1.82, 2.24) is 14.9 Å². The predicted molar refractivity (Wildman–Crippen MR) is 119 cm³/mol. The zero-order chi connectivity index (χ0) is 22.0. The third-order valence-corrected chi connectivity index (χ3v) is 6.33. The van der Waals surface area contributed by atoms with Crippen LogP contribution < -0.4 is 16.6 Å². The van der Waals surface area contributed by atoms with E-state index in [4.69, 9.17) is 5.73 Å². The molecule has 0 fully saturated rings. The largest absolute Gasteiger partial charge is 0.351 e. The van der Waals surface area contributed by atoms with Crippen LogP contribution in [0.3, 0.4) is 0 Å². The van der Waals surface area contributed by atoms with Gasteiger partial charge in [0, 0.05) is 0 Å². The van der Waals surface area contributed by atoms with Crippen LogP contribution in [0.1, 0.15) is 25.0 Å². The lowest BCUT2D eigenvalue weighted by atomic mass is 10.1. The van der Waals surface area contributed by atoms with Crippen LogP contribution in [0.5, 0.6) is 0 Å². The smallest absolute Gasteiger partial charge is 0.318 e. The van der Waals surface area contributed by atoms with E-state index in [2.05, 4.69) is 10.3 Å². The number of nitrogens with one attached hydrogen (secondary N) is 1. The summed E-state index contributed by atoms with van der Waals surface area (Å²) in [5, 5.41) is 2.34. The number of urea groups is 1. The van der Waals surface area contributed by atoms with E-state index < -0.39 is 17.2 Å². The Hall–Kier alpha value is -3.13. The second-order valence-corrected chi connectivity index (χ2v) is 8.57. The number of aryl methyl sites for hydroxylation is 2. The number of hydrogen-bond acceptors (Lipinski definition) is 5. The Morgan fingerprint density at radius 2 is 1.80 bits per heavy atom. The lowest BCUT2D eigenvalue weighted by Gasteiger charge is -2.21. The molecule has 0 aliphatic rings. The van der Waals surface area contributed by atoms with Crippen LogP contribution >= 0.6 is 11.8 Å². The molecule has 0 aliphatic carbocycles. The van der Waals surface area contributed by atoms with Crippen molar-refractivity contribution in [2.75, 3.05) is 0 Å². The Morgan fingerprint density at radius 1 is 1.10 bits per heavy atom. The van der Waals surface area contributed by atoms with E-state index in [0.29, 0.717) is 21.7 Å². The first-order chi connectivity index (χ1) is 14.2. The van der Waals surface area contributed by atoms with Crippen LogP contribution in [0, 0.1) is 19.8 Å². The number of fused-ring (bicyclic) bond motifs is 1. The molecule has 7 nitrogen and oxygen atoms in total. The van der Waals surface area contributed by atoms with E-state index in [9.17, 15) is 14.4 Å². The fourth-order valence-electron chi connectivity index (χ4n) is 3.08. The fraction of sp³-hybridized carbons (Fsp3) is 0.273. The fourth-order valence-corrected chi connectivity index (χ4v) is 4.19. The topological polar surface area (TPSA) is 107 Å². The van der Waals surface area contributed by atoms with Gasteiger partial charge in [-0.1, -0.05) is 43.8 Å². The standard InChI is InChI=1S/C22H24N4O3S/c1-12(2)18(19(27)25-21(23)29)30-22-24-17-8-6-5-7-16(17)20(28)26(22)15-10-9-13(3)14(4)11-15/h5-12,18H,1-4H3,(H3,23,25,27,29). The van der Waals surface area contributed by atoms with Crippen molar-refractivity contribution in [2.24, 2.45) is 11.7 Å². The van der Waals surface area contributed by atoms with Crippen molar-refractivity contribution >= 4 is 34.6 Å². The number of carbonyl (C=O) groups excluding carboxylic acids is 2. The summed E-state index contributed by atoms with van der Waals surface area (Å²) < 4.78 is 1.52. The van der Waals surface area contributed by atoms with E-state index in [1.807, 2.05) is 52.0 Å². The maximum absolute atomic E-state index is 13.4. The lowest BCUT2D eigenvalue weighted by molar-refractivity contribution is -0.120. The van der Waals surface area contributed by atoms with Gasteiger partial charge in [0.1, 0.15) is 0 Å². The number of benzene rings is 2. The Morgan fingerprint density at radius 3 is 2.43 bits per heavy atom. The molecule has 1 aromatic heterocycles. The molecule has 2 aromatic carbocycles. The summed E-state index contributed by atoms with van der Waals surface area (Å²) in [5.74, 6) is -0.650. The van der Waals surface area contributed by atoms with Gasteiger partial charge in [-0.2, -0.15) is 0 Å². The van der Waals surface area contributed by atoms with Crippen molar-refractivity contribution in [3.8, 4) is 5.69 Å².